The van der Waals surface area contributed by atoms with Crippen molar-refractivity contribution in [3.63, 3.8) is 0 Å². The molecule has 0 amide bonds. The van der Waals surface area contributed by atoms with Gasteiger partial charge < -0.3 is 15.0 Å². The minimum Gasteiger partial charge on any atom is -0.465 e. The number of hydrogen-bond acceptors (Lipinski definition) is 4. The van der Waals surface area contributed by atoms with Crippen molar-refractivity contribution >= 4 is 30.8 Å². The summed E-state index contributed by atoms with van der Waals surface area (Å²) in [7, 11) is 0. The summed E-state index contributed by atoms with van der Waals surface area (Å²) in [6.07, 6.45) is 0.873. The lowest BCUT2D eigenvalue weighted by atomic mass is 10.1. The first-order valence-electron chi connectivity index (χ1n) is 5.23. The van der Waals surface area contributed by atoms with Crippen LogP contribution in [0.4, 0.5) is 4.39 Å². The van der Waals surface area contributed by atoms with E-state index >= 15 is 0 Å². The monoisotopic (exact) mass is 299 g/mol. The second-order valence-electron chi connectivity index (χ2n) is 3.76. The van der Waals surface area contributed by atoms with Crippen molar-refractivity contribution in [1.82, 2.24) is 9.55 Å². The second kappa shape index (κ2) is 6.92. The van der Waals surface area contributed by atoms with Gasteiger partial charge in [0, 0.05) is 12.1 Å². The largest absolute Gasteiger partial charge is 0.465 e. The highest BCUT2D eigenvalue weighted by Crippen LogP contribution is 2.24. The molecule has 2 atom stereocenters. The molecule has 5 nitrogen and oxygen atoms in total. The zero-order valence-electron chi connectivity index (χ0n) is 9.84. The average molecular weight is 300 g/mol. The van der Waals surface area contributed by atoms with Gasteiger partial charge in [0.25, 0.3) is 0 Å². The molecule has 0 bridgehead atoms. The van der Waals surface area contributed by atoms with Crippen molar-refractivity contribution in [2.45, 2.75) is 32.1 Å². The Kier molecular flexibility index (Phi) is 6.59. The van der Waals surface area contributed by atoms with Gasteiger partial charge in [0.1, 0.15) is 12.2 Å². The third-order valence-corrected chi connectivity index (χ3v) is 2.62. The van der Waals surface area contributed by atoms with Gasteiger partial charge in [-0.3, -0.25) is 0 Å². The van der Waals surface area contributed by atoms with Crippen LogP contribution in [-0.4, -0.2) is 28.3 Å². The molecule has 1 aliphatic rings. The van der Waals surface area contributed by atoms with E-state index in [1.165, 1.54) is 6.33 Å². The number of alkyl halides is 1. The van der Waals surface area contributed by atoms with Crippen molar-refractivity contribution in [3.8, 4) is 0 Å². The molecule has 0 aromatic carbocycles. The fraction of sp³-hybridized carbons (Fsp3) is 0.600. The van der Waals surface area contributed by atoms with Gasteiger partial charge in [0.05, 0.1) is 25.2 Å². The van der Waals surface area contributed by atoms with E-state index < -0.39 is 18.2 Å². The Bertz CT molecular complexity index is 414. The lowest BCUT2D eigenvalue weighted by molar-refractivity contribution is -0.144. The van der Waals surface area contributed by atoms with Crippen LogP contribution in [0, 0.1) is 0 Å². The number of carbonyl (C=O) groups excluding carboxylic acids is 1. The van der Waals surface area contributed by atoms with E-state index in [-0.39, 0.29) is 44.4 Å². The lowest BCUT2D eigenvalue weighted by Crippen LogP contribution is -2.25. The zero-order chi connectivity index (χ0) is 11.7. The number of imidazole rings is 1. The third-order valence-electron chi connectivity index (χ3n) is 2.62. The second-order valence-corrected chi connectivity index (χ2v) is 3.76. The maximum Gasteiger partial charge on any atom is 0.329 e. The Hall–Kier alpha value is -0.850. The Morgan fingerprint density at radius 1 is 1.72 bits per heavy atom. The molecule has 2 N–H and O–H groups in total. The van der Waals surface area contributed by atoms with Crippen LogP contribution in [0.3, 0.4) is 0 Å². The molecule has 2 heterocycles. The first-order chi connectivity index (χ1) is 7.63. The maximum absolute atomic E-state index is 13.1. The summed E-state index contributed by atoms with van der Waals surface area (Å²) >= 11 is 0. The molecular weight excluding hydrogens is 284 g/mol. The standard InChI is InChI=1S/C10H14FN3O2.2ClH/c1-2-16-10(15)8(12)9-7-3-6(11)4-14(7)5-13-9;;/h5-6,8H,2-4,12H2,1H3;2*1H/t6-,8?;;/m1../s1. The highest BCUT2D eigenvalue weighted by molar-refractivity contribution is 5.85. The third kappa shape index (κ3) is 3.13. The van der Waals surface area contributed by atoms with E-state index in [0.717, 1.165) is 0 Å². The molecule has 1 aromatic rings. The number of nitrogens with two attached hydrogens (primary N) is 1. The summed E-state index contributed by atoms with van der Waals surface area (Å²) in [6, 6.07) is -0.915. The molecule has 0 aliphatic carbocycles. The molecule has 8 heteroatoms. The number of rotatable bonds is 3. The van der Waals surface area contributed by atoms with Crippen molar-refractivity contribution in [1.29, 1.82) is 0 Å². The topological polar surface area (TPSA) is 70.1 Å². The minimum absolute atomic E-state index is 0. The molecule has 104 valence electrons. The molecule has 0 fully saturated rings. The molecule has 2 rings (SSSR count). The number of aromatic nitrogens is 2. The number of halogens is 3. The van der Waals surface area contributed by atoms with Crippen LogP contribution in [0.2, 0.25) is 0 Å². The van der Waals surface area contributed by atoms with Crippen molar-refractivity contribution in [2.75, 3.05) is 6.61 Å². The first kappa shape index (κ1) is 17.2. The molecule has 1 aromatic heterocycles. The molecule has 18 heavy (non-hydrogen) atoms. The van der Waals surface area contributed by atoms with Crippen LogP contribution in [0.1, 0.15) is 24.4 Å². The van der Waals surface area contributed by atoms with Gasteiger partial charge in [-0.05, 0) is 6.92 Å². The Labute approximate surface area is 117 Å². The Balaban J connectivity index is 0.00000144. The fourth-order valence-electron chi connectivity index (χ4n) is 1.89. The van der Waals surface area contributed by atoms with Gasteiger partial charge >= 0.3 is 5.97 Å². The minimum atomic E-state index is -0.915. The van der Waals surface area contributed by atoms with Gasteiger partial charge in [-0.25, -0.2) is 14.2 Å². The van der Waals surface area contributed by atoms with Crippen LogP contribution in [0.25, 0.3) is 0 Å². The van der Waals surface area contributed by atoms with E-state index in [2.05, 4.69) is 4.98 Å². The molecule has 1 unspecified atom stereocenters. The summed E-state index contributed by atoms with van der Waals surface area (Å²) < 4.78 is 19.6. The number of carbonyl (C=O) groups is 1. The number of hydrogen-bond donors (Lipinski definition) is 1. The summed E-state index contributed by atoms with van der Waals surface area (Å²) in [5.74, 6) is -0.522. The summed E-state index contributed by atoms with van der Waals surface area (Å²) in [5.41, 5.74) is 6.85. The van der Waals surface area contributed by atoms with Crippen LogP contribution in [-0.2, 0) is 22.5 Å². The van der Waals surface area contributed by atoms with E-state index in [1.807, 2.05) is 0 Å². The van der Waals surface area contributed by atoms with E-state index in [4.69, 9.17) is 10.5 Å². The summed E-state index contributed by atoms with van der Waals surface area (Å²) in [4.78, 5) is 15.5. The quantitative estimate of drug-likeness (QED) is 0.851. The highest BCUT2D eigenvalue weighted by Gasteiger charge is 2.30. The maximum atomic E-state index is 13.1. The summed E-state index contributed by atoms with van der Waals surface area (Å²) in [6.45, 7) is 2.27. The number of nitrogens with zero attached hydrogens (tertiary/aromatic N) is 2. The number of esters is 1. The SMILES string of the molecule is CCOC(=O)C(N)c1ncn2c1C[C@@H](F)C2.Cl.Cl. The highest BCUT2D eigenvalue weighted by atomic mass is 35.5. The summed E-state index contributed by atoms with van der Waals surface area (Å²) in [5, 5.41) is 0. The van der Waals surface area contributed by atoms with Gasteiger partial charge in [-0.1, -0.05) is 0 Å². The molecule has 0 saturated carbocycles. The molecule has 0 spiro atoms. The van der Waals surface area contributed by atoms with E-state index in [9.17, 15) is 9.18 Å². The smallest absolute Gasteiger partial charge is 0.329 e. The van der Waals surface area contributed by atoms with Gasteiger partial charge in [0.15, 0.2) is 0 Å². The predicted molar refractivity (Wildman–Crippen MR) is 68.9 cm³/mol. The van der Waals surface area contributed by atoms with Crippen molar-refractivity contribution in [2.24, 2.45) is 5.73 Å². The first-order valence-corrected chi connectivity index (χ1v) is 5.23. The molecule has 0 saturated heterocycles. The van der Waals surface area contributed by atoms with Gasteiger partial charge in [-0.15, -0.1) is 24.8 Å². The van der Waals surface area contributed by atoms with Crippen LogP contribution >= 0.6 is 24.8 Å². The van der Waals surface area contributed by atoms with Gasteiger partial charge in [-0.2, -0.15) is 0 Å². The normalized spacial score (nSPS) is 18.3. The molecule has 1 aliphatic heterocycles. The average Bonchev–Trinajstić information content (AvgIpc) is 2.75. The van der Waals surface area contributed by atoms with E-state index in [1.54, 1.807) is 11.5 Å². The molecule has 0 radical (unpaired) electrons. The van der Waals surface area contributed by atoms with Gasteiger partial charge in [0.2, 0.25) is 0 Å². The zero-order valence-corrected chi connectivity index (χ0v) is 11.5. The lowest BCUT2D eigenvalue weighted by Gasteiger charge is -2.09. The molecular formula is C10H16Cl2FN3O2. The Morgan fingerprint density at radius 3 is 3.00 bits per heavy atom. The number of fused-ring (bicyclic) bond motifs is 1. The number of ether oxygens (including phenoxy) is 1. The Morgan fingerprint density at radius 2 is 2.39 bits per heavy atom. The van der Waals surface area contributed by atoms with Crippen LogP contribution in [0.15, 0.2) is 6.33 Å². The van der Waals surface area contributed by atoms with Crippen LogP contribution in [0.5, 0.6) is 0 Å². The van der Waals surface area contributed by atoms with E-state index in [0.29, 0.717) is 11.4 Å². The predicted octanol–water partition coefficient (Wildman–Crippen LogP) is 1.18. The fourth-order valence-corrected chi connectivity index (χ4v) is 1.89. The van der Waals surface area contributed by atoms with Crippen LogP contribution < -0.4 is 5.73 Å². The van der Waals surface area contributed by atoms with Crippen molar-refractivity contribution in [3.05, 3.63) is 17.7 Å². The van der Waals surface area contributed by atoms with Crippen molar-refractivity contribution < 1.29 is 13.9 Å².